The van der Waals surface area contributed by atoms with Crippen molar-refractivity contribution in [3.05, 3.63) is 0 Å². The highest BCUT2D eigenvalue weighted by Gasteiger charge is 2.22. The summed E-state index contributed by atoms with van der Waals surface area (Å²) in [7, 11) is 0. The summed E-state index contributed by atoms with van der Waals surface area (Å²) in [5, 5.41) is 0. The molecule has 3 atom stereocenters. The first-order valence-corrected chi connectivity index (χ1v) is 5.48. The molecule has 14 heavy (non-hydrogen) atoms. The molecule has 2 N–H and O–H groups in total. The lowest BCUT2D eigenvalue weighted by molar-refractivity contribution is -0.151. The lowest BCUT2D eigenvalue weighted by Gasteiger charge is -2.19. The Morgan fingerprint density at radius 1 is 1.36 bits per heavy atom. The van der Waals surface area contributed by atoms with Crippen LogP contribution in [0.5, 0.6) is 0 Å². The quantitative estimate of drug-likeness (QED) is 0.669. The molecule has 0 aromatic rings. The van der Waals surface area contributed by atoms with Gasteiger partial charge in [0.2, 0.25) is 0 Å². The largest absolute Gasteiger partial charge is 0.462 e. The molecule has 0 bridgehead atoms. The number of carbonyl (C=O) groups excluding carboxylic acids is 1. The monoisotopic (exact) mass is 201 g/mol. The fourth-order valence-electron chi connectivity index (χ4n) is 1.23. The number of ether oxygens (including phenoxy) is 1. The van der Waals surface area contributed by atoms with Crippen LogP contribution in [0, 0.1) is 5.92 Å². The SMILES string of the molecule is CCCC(C)OC(=O)[C@@H](N)[C@@H](C)CC. The Kier molecular flexibility index (Phi) is 6.54. The van der Waals surface area contributed by atoms with E-state index in [1.54, 1.807) is 0 Å². The van der Waals surface area contributed by atoms with Crippen LogP contribution in [-0.4, -0.2) is 18.1 Å². The van der Waals surface area contributed by atoms with Crippen molar-refractivity contribution in [3.63, 3.8) is 0 Å². The van der Waals surface area contributed by atoms with Crippen molar-refractivity contribution >= 4 is 5.97 Å². The molecule has 0 amide bonds. The Hall–Kier alpha value is -0.570. The van der Waals surface area contributed by atoms with Crippen molar-refractivity contribution in [2.45, 2.75) is 59.1 Å². The third kappa shape index (κ3) is 4.61. The minimum absolute atomic E-state index is 0.0115. The number of nitrogens with two attached hydrogens (primary N) is 1. The molecule has 0 rings (SSSR count). The third-order valence-electron chi connectivity index (χ3n) is 2.54. The zero-order chi connectivity index (χ0) is 11.1. The topological polar surface area (TPSA) is 52.3 Å². The molecule has 0 heterocycles. The van der Waals surface area contributed by atoms with E-state index < -0.39 is 6.04 Å². The van der Waals surface area contributed by atoms with E-state index in [1.165, 1.54) is 0 Å². The molecule has 1 unspecified atom stereocenters. The molecule has 0 aliphatic carbocycles. The lowest BCUT2D eigenvalue weighted by Crippen LogP contribution is -2.39. The standard InChI is InChI=1S/C11H23NO2/c1-5-7-9(4)14-11(13)10(12)8(3)6-2/h8-10H,5-7,12H2,1-4H3/t8-,9?,10-/m0/s1. The Morgan fingerprint density at radius 2 is 1.93 bits per heavy atom. The van der Waals surface area contributed by atoms with E-state index in [0.29, 0.717) is 0 Å². The first-order chi connectivity index (χ1) is 6.52. The fourth-order valence-corrected chi connectivity index (χ4v) is 1.23. The molecule has 0 saturated heterocycles. The molecule has 0 spiro atoms. The number of rotatable bonds is 6. The molecule has 0 radical (unpaired) electrons. The molecule has 0 aromatic carbocycles. The van der Waals surface area contributed by atoms with Gasteiger partial charge in [0.15, 0.2) is 0 Å². The van der Waals surface area contributed by atoms with E-state index >= 15 is 0 Å². The van der Waals surface area contributed by atoms with Gasteiger partial charge in [-0.1, -0.05) is 33.6 Å². The van der Waals surface area contributed by atoms with Crippen LogP contribution in [-0.2, 0) is 9.53 Å². The highest BCUT2D eigenvalue weighted by Crippen LogP contribution is 2.09. The average molecular weight is 201 g/mol. The van der Waals surface area contributed by atoms with Crippen LogP contribution in [0.1, 0.15) is 47.0 Å². The second-order valence-corrected chi connectivity index (χ2v) is 3.95. The summed E-state index contributed by atoms with van der Waals surface area (Å²) in [6.07, 6.45) is 2.81. The molecule has 0 aromatic heterocycles. The summed E-state index contributed by atoms with van der Waals surface area (Å²) < 4.78 is 5.21. The van der Waals surface area contributed by atoms with Gasteiger partial charge in [-0.05, 0) is 19.3 Å². The molecule has 0 saturated carbocycles. The summed E-state index contributed by atoms with van der Waals surface area (Å²) in [5.74, 6) is -0.0726. The Morgan fingerprint density at radius 3 is 2.36 bits per heavy atom. The molecule has 0 aliphatic heterocycles. The maximum Gasteiger partial charge on any atom is 0.323 e. The van der Waals surface area contributed by atoms with Gasteiger partial charge in [0, 0.05) is 0 Å². The van der Waals surface area contributed by atoms with Gasteiger partial charge in [-0.15, -0.1) is 0 Å². The number of esters is 1. The van der Waals surface area contributed by atoms with Crippen LogP contribution in [0.3, 0.4) is 0 Å². The molecule has 0 aliphatic rings. The summed E-state index contributed by atoms with van der Waals surface area (Å²) in [5.41, 5.74) is 5.74. The van der Waals surface area contributed by atoms with Crippen molar-refractivity contribution in [3.8, 4) is 0 Å². The molecule has 3 heteroatoms. The van der Waals surface area contributed by atoms with Crippen LogP contribution >= 0.6 is 0 Å². The van der Waals surface area contributed by atoms with E-state index in [9.17, 15) is 4.79 Å². The van der Waals surface area contributed by atoms with Crippen molar-refractivity contribution in [1.82, 2.24) is 0 Å². The van der Waals surface area contributed by atoms with Gasteiger partial charge in [-0.25, -0.2) is 0 Å². The first-order valence-electron chi connectivity index (χ1n) is 5.48. The van der Waals surface area contributed by atoms with Gasteiger partial charge in [0.05, 0.1) is 6.10 Å². The molecule has 3 nitrogen and oxygen atoms in total. The van der Waals surface area contributed by atoms with Crippen molar-refractivity contribution in [1.29, 1.82) is 0 Å². The third-order valence-corrected chi connectivity index (χ3v) is 2.54. The highest BCUT2D eigenvalue weighted by atomic mass is 16.5. The van der Waals surface area contributed by atoms with Crippen LogP contribution in [0.15, 0.2) is 0 Å². The minimum Gasteiger partial charge on any atom is -0.462 e. The summed E-state index contributed by atoms with van der Waals surface area (Å²) in [6.45, 7) is 7.97. The normalized spacial score (nSPS) is 17.2. The lowest BCUT2D eigenvalue weighted by atomic mass is 10.0. The van der Waals surface area contributed by atoms with Crippen LogP contribution < -0.4 is 5.73 Å². The zero-order valence-corrected chi connectivity index (χ0v) is 9.75. The number of hydrogen-bond acceptors (Lipinski definition) is 3. The van der Waals surface area contributed by atoms with Gasteiger partial charge in [0.25, 0.3) is 0 Å². The van der Waals surface area contributed by atoms with E-state index in [-0.39, 0.29) is 18.0 Å². The minimum atomic E-state index is -0.473. The smallest absolute Gasteiger partial charge is 0.323 e. The average Bonchev–Trinajstić information content (AvgIpc) is 2.15. The summed E-state index contributed by atoms with van der Waals surface area (Å²) in [6, 6.07) is -0.473. The highest BCUT2D eigenvalue weighted by molar-refractivity contribution is 5.75. The van der Waals surface area contributed by atoms with Gasteiger partial charge in [0.1, 0.15) is 6.04 Å². The number of hydrogen-bond donors (Lipinski definition) is 1. The molecular formula is C11H23NO2. The number of carbonyl (C=O) groups is 1. The second kappa shape index (κ2) is 6.82. The molecule has 0 fully saturated rings. The summed E-state index contributed by atoms with van der Waals surface area (Å²) in [4.78, 5) is 11.5. The van der Waals surface area contributed by atoms with Crippen LogP contribution in [0.25, 0.3) is 0 Å². The fraction of sp³-hybridized carbons (Fsp3) is 0.909. The second-order valence-electron chi connectivity index (χ2n) is 3.95. The zero-order valence-electron chi connectivity index (χ0n) is 9.75. The van der Waals surface area contributed by atoms with Gasteiger partial charge >= 0.3 is 5.97 Å². The molecular weight excluding hydrogens is 178 g/mol. The Balaban J connectivity index is 3.94. The van der Waals surface area contributed by atoms with Gasteiger partial charge in [-0.2, -0.15) is 0 Å². The Bertz CT molecular complexity index is 171. The van der Waals surface area contributed by atoms with E-state index in [4.69, 9.17) is 10.5 Å². The van der Waals surface area contributed by atoms with Gasteiger partial charge < -0.3 is 10.5 Å². The predicted molar refractivity (Wildman–Crippen MR) is 57.9 cm³/mol. The van der Waals surface area contributed by atoms with Crippen molar-refractivity contribution in [2.75, 3.05) is 0 Å². The van der Waals surface area contributed by atoms with Crippen LogP contribution in [0.2, 0.25) is 0 Å². The molecule has 84 valence electrons. The first kappa shape index (κ1) is 13.4. The Labute approximate surface area is 87.0 Å². The van der Waals surface area contributed by atoms with Crippen LogP contribution in [0.4, 0.5) is 0 Å². The van der Waals surface area contributed by atoms with E-state index in [1.807, 2.05) is 20.8 Å². The predicted octanol–water partition coefficient (Wildman–Crippen LogP) is 2.09. The van der Waals surface area contributed by atoms with Crippen molar-refractivity contribution < 1.29 is 9.53 Å². The summed E-state index contributed by atoms with van der Waals surface area (Å²) >= 11 is 0. The maximum absolute atomic E-state index is 11.5. The van der Waals surface area contributed by atoms with Gasteiger partial charge in [-0.3, -0.25) is 4.79 Å². The maximum atomic E-state index is 11.5. The van der Waals surface area contributed by atoms with E-state index in [0.717, 1.165) is 19.3 Å². The van der Waals surface area contributed by atoms with E-state index in [2.05, 4.69) is 6.92 Å². The van der Waals surface area contributed by atoms with Crippen molar-refractivity contribution in [2.24, 2.45) is 11.7 Å².